The maximum atomic E-state index is 11.2. The summed E-state index contributed by atoms with van der Waals surface area (Å²) in [5, 5.41) is 33.5. The van der Waals surface area contributed by atoms with E-state index in [-0.39, 0.29) is 11.7 Å². The average Bonchev–Trinajstić information content (AvgIpc) is 2.85. The van der Waals surface area contributed by atoms with Crippen LogP contribution in [0.5, 0.6) is 11.5 Å². The van der Waals surface area contributed by atoms with Gasteiger partial charge in [-0.15, -0.1) is 10.2 Å². The average molecular weight is 442 g/mol. The third-order valence-corrected chi connectivity index (χ3v) is 4.65. The SMILES string of the molecule is COc1cc(/C=N/Nc2nnc(-c3ccccc3)c(-c3ccccc3)n2)cc([N+](=O)[O-])c1O. The highest BCUT2D eigenvalue weighted by Gasteiger charge is 2.19. The first-order chi connectivity index (χ1) is 16.1. The summed E-state index contributed by atoms with van der Waals surface area (Å²) in [6, 6.07) is 21.7. The third-order valence-electron chi connectivity index (χ3n) is 4.65. The Morgan fingerprint density at radius 2 is 1.64 bits per heavy atom. The summed E-state index contributed by atoms with van der Waals surface area (Å²) in [7, 11) is 1.30. The van der Waals surface area contributed by atoms with Crippen molar-refractivity contribution in [3.05, 3.63) is 88.5 Å². The summed E-state index contributed by atoms with van der Waals surface area (Å²) in [5.41, 5.74) is 5.51. The van der Waals surface area contributed by atoms with Crippen molar-refractivity contribution in [3.63, 3.8) is 0 Å². The topological polar surface area (TPSA) is 136 Å². The molecule has 3 aromatic carbocycles. The summed E-state index contributed by atoms with van der Waals surface area (Å²) in [6.07, 6.45) is 1.33. The van der Waals surface area contributed by atoms with Crippen LogP contribution in [-0.2, 0) is 0 Å². The molecule has 0 saturated carbocycles. The van der Waals surface area contributed by atoms with Crippen LogP contribution >= 0.6 is 0 Å². The lowest BCUT2D eigenvalue weighted by atomic mass is 10.0. The lowest BCUT2D eigenvalue weighted by Gasteiger charge is -2.09. The number of hydrogen-bond donors (Lipinski definition) is 2. The van der Waals surface area contributed by atoms with Crippen molar-refractivity contribution in [1.82, 2.24) is 15.2 Å². The zero-order chi connectivity index (χ0) is 23.2. The van der Waals surface area contributed by atoms with Gasteiger partial charge in [0.05, 0.1) is 18.2 Å². The number of nitrogens with zero attached hydrogens (tertiary/aromatic N) is 5. The van der Waals surface area contributed by atoms with Gasteiger partial charge in [0.25, 0.3) is 5.95 Å². The quantitative estimate of drug-likeness (QED) is 0.246. The molecule has 2 N–H and O–H groups in total. The summed E-state index contributed by atoms with van der Waals surface area (Å²) < 4.78 is 4.99. The number of nitro groups is 1. The largest absolute Gasteiger partial charge is 0.500 e. The van der Waals surface area contributed by atoms with E-state index in [1.165, 1.54) is 25.5 Å². The highest BCUT2D eigenvalue weighted by molar-refractivity contribution is 5.83. The van der Waals surface area contributed by atoms with E-state index in [1.807, 2.05) is 60.7 Å². The molecular weight excluding hydrogens is 424 g/mol. The molecule has 33 heavy (non-hydrogen) atoms. The van der Waals surface area contributed by atoms with Gasteiger partial charge in [0.1, 0.15) is 11.4 Å². The molecule has 10 heteroatoms. The fraction of sp³-hybridized carbons (Fsp3) is 0.0435. The van der Waals surface area contributed by atoms with Crippen LogP contribution in [0.4, 0.5) is 11.6 Å². The fourth-order valence-corrected chi connectivity index (χ4v) is 3.11. The number of nitrogens with one attached hydrogen (secondary N) is 1. The Labute approximate surface area is 188 Å². The van der Waals surface area contributed by atoms with Gasteiger partial charge >= 0.3 is 5.69 Å². The van der Waals surface area contributed by atoms with Crippen LogP contribution in [0.1, 0.15) is 5.56 Å². The molecule has 0 aliphatic heterocycles. The fourth-order valence-electron chi connectivity index (χ4n) is 3.11. The smallest absolute Gasteiger partial charge is 0.315 e. The number of anilines is 1. The molecule has 0 fully saturated rings. The van der Waals surface area contributed by atoms with Crippen LogP contribution in [0.25, 0.3) is 22.5 Å². The molecule has 0 unspecified atom stereocenters. The minimum atomic E-state index is -0.704. The van der Waals surface area contributed by atoms with Gasteiger partial charge in [-0.1, -0.05) is 60.7 Å². The number of hydrazone groups is 1. The van der Waals surface area contributed by atoms with Crippen molar-refractivity contribution in [2.45, 2.75) is 0 Å². The van der Waals surface area contributed by atoms with Crippen LogP contribution in [0.15, 0.2) is 77.9 Å². The van der Waals surface area contributed by atoms with Gasteiger partial charge in [0, 0.05) is 22.8 Å². The molecule has 1 aromatic heterocycles. The second-order valence-electron chi connectivity index (χ2n) is 6.78. The minimum absolute atomic E-state index is 0.0397. The Hall–Kier alpha value is -4.86. The minimum Gasteiger partial charge on any atom is -0.500 e. The number of aromatic nitrogens is 3. The summed E-state index contributed by atoms with van der Waals surface area (Å²) in [6.45, 7) is 0. The van der Waals surface area contributed by atoms with Gasteiger partial charge in [0.15, 0.2) is 5.75 Å². The maximum absolute atomic E-state index is 11.2. The number of benzene rings is 3. The molecule has 4 aromatic rings. The molecule has 0 amide bonds. The molecular formula is C23H18N6O4. The molecule has 0 spiro atoms. The predicted molar refractivity (Wildman–Crippen MR) is 123 cm³/mol. The van der Waals surface area contributed by atoms with Crippen LogP contribution in [0.3, 0.4) is 0 Å². The van der Waals surface area contributed by atoms with E-state index in [2.05, 4.69) is 25.7 Å². The van der Waals surface area contributed by atoms with E-state index in [4.69, 9.17) is 4.74 Å². The molecule has 4 rings (SSSR count). The van der Waals surface area contributed by atoms with Gasteiger partial charge in [-0.25, -0.2) is 10.4 Å². The van der Waals surface area contributed by atoms with Crippen LogP contribution in [-0.4, -0.2) is 38.5 Å². The number of ether oxygens (including phenoxy) is 1. The van der Waals surface area contributed by atoms with Crippen LogP contribution in [0.2, 0.25) is 0 Å². The molecule has 0 aliphatic rings. The van der Waals surface area contributed by atoms with Gasteiger partial charge in [0.2, 0.25) is 5.75 Å². The Morgan fingerprint density at radius 3 is 2.24 bits per heavy atom. The van der Waals surface area contributed by atoms with E-state index in [0.29, 0.717) is 17.0 Å². The van der Waals surface area contributed by atoms with Crippen LogP contribution < -0.4 is 10.2 Å². The predicted octanol–water partition coefficient (Wildman–Crippen LogP) is 4.27. The van der Waals surface area contributed by atoms with Crippen molar-refractivity contribution in [1.29, 1.82) is 0 Å². The Balaban J connectivity index is 1.65. The number of hydrogen-bond acceptors (Lipinski definition) is 9. The summed E-state index contributed by atoms with van der Waals surface area (Å²) >= 11 is 0. The number of nitro benzene ring substituents is 1. The molecule has 164 valence electrons. The van der Waals surface area contributed by atoms with Crippen LogP contribution in [0, 0.1) is 10.1 Å². The lowest BCUT2D eigenvalue weighted by Crippen LogP contribution is -2.03. The molecule has 10 nitrogen and oxygen atoms in total. The van der Waals surface area contributed by atoms with E-state index >= 15 is 0 Å². The number of methoxy groups -OCH3 is 1. The lowest BCUT2D eigenvalue weighted by molar-refractivity contribution is -0.386. The normalized spacial score (nSPS) is 10.8. The molecule has 0 aliphatic carbocycles. The highest BCUT2D eigenvalue weighted by atomic mass is 16.6. The highest BCUT2D eigenvalue weighted by Crippen LogP contribution is 2.36. The Kier molecular flexibility index (Phi) is 6.17. The number of rotatable bonds is 7. The Morgan fingerprint density at radius 1 is 1.00 bits per heavy atom. The zero-order valence-corrected chi connectivity index (χ0v) is 17.4. The van der Waals surface area contributed by atoms with Crippen molar-refractivity contribution >= 4 is 17.9 Å². The number of phenolic OH excluding ortho intramolecular Hbond substituents is 1. The first kappa shape index (κ1) is 21.4. The van der Waals surface area contributed by atoms with Gasteiger partial charge in [-0.2, -0.15) is 5.10 Å². The second-order valence-corrected chi connectivity index (χ2v) is 6.78. The van der Waals surface area contributed by atoms with Gasteiger partial charge in [-0.05, 0) is 6.07 Å². The molecule has 0 saturated heterocycles. The molecule has 0 bridgehead atoms. The van der Waals surface area contributed by atoms with E-state index in [0.717, 1.165) is 11.1 Å². The Bertz CT molecular complexity index is 1310. The third kappa shape index (κ3) is 4.74. The van der Waals surface area contributed by atoms with Crippen molar-refractivity contribution in [2.75, 3.05) is 12.5 Å². The van der Waals surface area contributed by atoms with Crippen molar-refractivity contribution in [2.24, 2.45) is 5.10 Å². The molecule has 1 heterocycles. The van der Waals surface area contributed by atoms with Crippen molar-refractivity contribution < 1.29 is 14.8 Å². The first-order valence-electron chi connectivity index (χ1n) is 9.77. The van der Waals surface area contributed by atoms with E-state index in [1.54, 1.807) is 0 Å². The molecule has 0 atom stereocenters. The molecule has 0 radical (unpaired) electrons. The van der Waals surface area contributed by atoms with Crippen molar-refractivity contribution in [3.8, 4) is 34.0 Å². The second kappa shape index (κ2) is 9.52. The maximum Gasteiger partial charge on any atom is 0.315 e. The number of phenols is 1. The monoisotopic (exact) mass is 442 g/mol. The first-order valence-corrected chi connectivity index (χ1v) is 9.77. The van der Waals surface area contributed by atoms with E-state index < -0.39 is 16.4 Å². The number of aromatic hydroxyl groups is 1. The van der Waals surface area contributed by atoms with Gasteiger partial charge < -0.3 is 9.84 Å². The van der Waals surface area contributed by atoms with E-state index in [9.17, 15) is 15.2 Å². The summed E-state index contributed by atoms with van der Waals surface area (Å²) in [5.74, 6) is -0.448. The summed E-state index contributed by atoms with van der Waals surface area (Å²) in [4.78, 5) is 15.0. The zero-order valence-electron chi connectivity index (χ0n) is 17.4. The standard InChI is InChI=1S/C23H18N6O4/c1-33-19-13-15(12-18(22(19)30)29(31)32)14-24-27-23-25-20(16-8-4-2-5-9-16)21(26-28-23)17-10-6-3-7-11-17/h2-14,30H,1H3,(H,25,27,28)/b24-14+. The van der Waals surface area contributed by atoms with Gasteiger partial charge in [-0.3, -0.25) is 10.1 Å².